The quantitative estimate of drug-likeness (QED) is 0.787. The number of benzene rings is 2. The van der Waals surface area contributed by atoms with Gasteiger partial charge in [-0.2, -0.15) is 0 Å². The molecule has 0 saturated carbocycles. The van der Waals surface area contributed by atoms with Gasteiger partial charge in [0.1, 0.15) is 23.1 Å². The van der Waals surface area contributed by atoms with Crippen molar-refractivity contribution >= 4 is 15.9 Å². The van der Waals surface area contributed by atoms with Gasteiger partial charge in [-0.3, -0.25) is 10.2 Å². The first-order chi connectivity index (χ1) is 11.9. The maximum absolute atomic E-state index is 13.6. The number of carbonyl (C=O) groups excluding carboxylic acids is 1. The molecule has 3 rings (SSSR count). The molecule has 0 radical (unpaired) electrons. The number of hydrogen-bond donors (Lipinski definition) is 2. The molecular formula is C15H12F2N2O5S. The van der Waals surface area contributed by atoms with Gasteiger partial charge in [0.15, 0.2) is 11.5 Å². The predicted octanol–water partition coefficient (Wildman–Crippen LogP) is 1.11. The van der Waals surface area contributed by atoms with E-state index in [4.69, 9.17) is 9.47 Å². The van der Waals surface area contributed by atoms with E-state index in [9.17, 15) is 22.0 Å². The van der Waals surface area contributed by atoms with Gasteiger partial charge in [0.25, 0.3) is 15.9 Å². The molecule has 0 bridgehead atoms. The molecule has 7 nitrogen and oxygen atoms in total. The van der Waals surface area contributed by atoms with E-state index in [2.05, 4.69) is 0 Å². The van der Waals surface area contributed by atoms with Gasteiger partial charge in [0.05, 0.1) is 0 Å². The van der Waals surface area contributed by atoms with E-state index in [1.54, 1.807) is 29.1 Å². The number of para-hydroxylation sites is 2. The number of rotatable bonds is 4. The molecular weight excluding hydrogens is 358 g/mol. The van der Waals surface area contributed by atoms with Gasteiger partial charge < -0.3 is 9.47 Å². The molecule has 132 valence electrons. The van der Waals surface area contributed by atoms with Crippen LogP contribution in [0.5, 0.6) is 11.5 Å². The highest BCUT2D eigenvalue weighted by Crippen LogP contribution is 2.30. The Bertz CT molecular complexity index is 920. The zero-order valence-corrected chi connectivity index (χ0v) is 13.3. The van der Waals surface area contributed by atoms with Crippen molar-refractivity contribution in [1.29, 1.82) is 0 Å². The average Bonchev–Trinajstić information content (AvgIpc) is 2.59. The Morgan fingerprint density at radius 3 is 2.56 bits per heavy atom. The number of ether oxygens (including phenoxy) is 2. The van der Waals surface area contributed by atoms with Crippen LogP contribution in [0.3, 0.4) is 0 Å². The van der Waals surface area contributed by atoms with Crippen LogP contribution in [0.4, 0.5) is 8.78 Å². The van der Waals surface area contributed by atoms with Gasteiger partial charge in [-0.25, -0.2) is 17.2 Å². The topological polar surface area (TPSA) is 93.7 Å². The molecule has 1 aliphatic rings. The Balaban J connectivity index is 1.66. The zero-order valence-electron chi connectivity index (χ0n) is 12.5. The van der Waals surface area contributed by atoms with E-state index in [0.717, 1.165) is 12.1 Å². The molecule has 0 spiro atoms. The number of hydrazine groups is 1. The summed E-state index contributed by atoms with van der Waals surface area (Å²) >= 11 is 0. The van der Waals surface area contributed by atoms with Crippen LogP contribution in [0.2, 0.25) is 0 Å². The lowest BCUT2D eigenvalue weighted by atomic mass is 10.2. The minimum atomic E-state index is -4.42. The molecule has 1 atom stereocenters. The highest BCUT2D eigenvalue weighted by molar-refractivity contribution is 7.89. The number of nitrogens with one attached hydrogen (secondary N) is 2. The van der Waals surface area contributed by atoms with E-state index >= 15 is 0 Å². The maximum atomic E-state index is 13.6. The van der Waals surface area contributed by atoms with Crippen LogP contribution < -0.4 is 19.7 Å². The van der Waals surface area contributed by atoms with E-state index in [0.29, 0.717) is 17.6 Å². The van der Waals surface area contributed by atoms with Crippen LogP contribution in [0.15, 0.2) is 47.4 Å². The minimum absolute atomic E-state index is 0.129. The summed E-state index contributed by atoms with van der Waals surface area (Å²) < 4.78 is 61.2. The maximum Gasteiger partial charge on any atom is 0.279 e. The number of hydrogen-bond acceptors (Lipinski definition) is 5. The Labute approximate surface area is 141 Å². The highest BCUT2D eigenvalue weighted by Gasteiger charge is 2.29. The monoisotopic (exact) mass is 370 g/mol. The molecule has 25 heavy (non-hydrogen) atoms. The van der Waals surface area contributed by atoms with Gasteiger partial charge in [-0.1, -0.05) is 12.1 Å². The summed E-state index contributed by atoms with van der Waals surface area (Å²) in [4.78, 5) is 13.0. The van der Waals surface area contributed by atoms with Gasteiger partial charge in [-0.15, -0.1) is 4.83 Å². The van der Waals surface area contributed by atoms with Crippen molar-refractivity contribution in [3.8, 4) is 11.5 Å². The third-order valence-corrected chi connectivity index (χ3v) is 4.57. The second kappa shape index (κ2) is 6.65. The molecule has 0 fully saturated rings. The Morgan fingerprint density at radius 1 is 1.12 bits per heavy atom. The molecule has 2 N–H and O–H groups in total. The fourth-order valence-corrected chi connectivity index (χ4v) is 3.00. The molecule has 2 aromatic rings. The number of amides is 1. The van der Waals surface area contributed by atoms with E-state index in [-0.39, 0.29) is 6.61 Å². The first-order valence-electron chi connectivity index (χ1n) is 7.02. The lowest BCUT2D eigenvalue weighted by Gasteiger charge is -2.25. The third kappa shape index (κ3) is 3.69. The number of carbonyl (C=O) groups is 1. The normalized spacial score (nSPS) is 16.3. The number of fused-ring (bicyclic) bond motifs is 1. The fourth-order valence-electron chi connectivity index (χ4n) is 2.09. The minimum Gasteiger partial charge on any atom is -0.485 e. The van der Waals surface area contributed by atoms with Gasteiger partial charge in [0.2, 0.25) is 6.10 Å². The van der Waals surface area contributed by atoms with Crippen LogP contribution in [0.25, 0.3) is 0 Å². The molecule has 0 aromatic heterocycles. The van der Waals surface area contributed by atoms with E-state index in [1.807, 2.05) is 5.43 Å². The SMILES string of the molecule is O=C(NNS(=O)(=O)c1ccc(F)cc1F)[C@@H]1COc2ccccc2O1. The third-order valence-electron chi connectivity index (χ3n) is 3.29. The van der Waals surface area contributed by atoms with Gasteiger partial charge in [-0.05, 0) is 24.3 Å². The van der Waals surface area contributed by atoms with Crippen molar-refractivity contribution in [3.05, 3.63) is 54.1 Å². The Hall–Kier alpha value is -2.72. The van der Waals surface area contributed by atoms with Gasteiger partial charge in [0, 0.05) is 6.07 Å². The summed E-state index contributed by atoms with van der Waals surface area (Å²) in [6.45, 7) is -0.129. The first-order valence-corrected chi connectivity index (χ1v) is 8.50. The molecule has 0 saturated heterocycles. The lowest BCUT2D eigenvalue weighted by Crippen LogP contribution is -2.50. The smallest absolute Gasteiger partial charge is 0.279 e. The standard InChI is InChI=1S/C15H12F2N2O5S/c16-9-5-6-14(10(17)7-9)25(21,22)19-18-15(20)13-8-23-11-3-1-2-4-12(11)24-13/h1-7,13,19H,8H2,(H,18,20)/t13-/m0/s1. The van der Waals surface area contributed by atoms with Crippen LogP contribution in [0, 0.1) is 11.6 Å². The van der Waals surface area contributed by atoms with Crippen molar-refractivity contribution in [1.82, 2.24) is 10.3 Å². The summed E-state index contributed by atoms with van der Waals surface area (Å²) in [5.74, 6) is -2.25. The Kier molecular flexibility index (Phi) is 4.55. The first kappa shape index (κ1) is 17.1. The van der Waals surface area contributed by atoms with Crippen LogP contribution >= 0.6 is 0 Å². The summed E-state index contributed by atoms with van der Waals surface area (Å²) in [6.07, 6.45) is -1.10. The Morgan fingerprint density at radius 2 is 1.84 bits per heavy atom. The summed E-state index contributed by atoms with van der Waals surface area (Å²) in [6, 6.07) is 8.61. The second-order valence-corrected chi connectivity index (χ2v) is 6.68. The summed E-state index contributed by atoms with van der Waals surface area (Å²) in [7, 11) is -4.42. The molecule has 0 unspecified atom stereocenters. The molecule has 2 aromatic carbocycles. The molecule has 10 heteroatoms. The van der Waals surface area contributed by atoms with Crippen molar-refractivity contribution in [2.75, 3.05) is 6.61 Å². The summed E-state index contributed by atoms with van der Waals surface area (Å²) in [5, 5.41) is 0. The van der Waals surface area contributed by atoms with Crippen molar-refractivity contribution in [2.45, 2.75) is 11.0 Å². The van der Waals surface area contributed by atoms with Crippen molar-refractivity contribution < 1.29 is 31.5 Å². The lowest BCUT2D eigenvalue weighted by molar-refractivity contribution is -0.130. The van der Waals surface area contributed by atoms with Crippen LogP contribution in [0.1, 0.15) is 0 Å². The van der Waals surface area contributed by atoms with Crippen LogP contribution in [-0.2, 0) is 14.8 Å². The number of halogens is 2. The molecule has 1 heterocycles. The largest absolute Gasteiger partial charge is 0.485 e. The summed E-state index contributed by atoms with van der Waals surface area (Å²) in [5.41, 5.74) is 1.92. The molecule has 1 aliphatic heterocycles. The molecule has 1 amide bonds. The van der Waals surface area contributed by atoms with Crippen molar-refractivity contribution in [3.63, 3.8) is 0 Å². The van der Waals surface area contributed by atoms with Crippen molar-refractivity contribution in [2.24, 2.45) is 0 Å². The zero-order chi connectivity index (χ0) is 18.0. The predicted molar refractivity (Wildman–Crippen MR) is 81.2 cm³/mol. The van der Waals surface area contributed by atoms with Crippen LogP contribution in [-0.4, -0.2) is 27.0 Å². The molecule has 0 aliphatic carbocycles. The number of sulfonamides is 1. The highest BCUT2D eigenvalue weighted by atomic mass is 32.2. The average molecular weight is 370 g/mol. The van der Waals surface area contributed by atoms with Gasteiger partial charge >= 0.3 is 0 Å². The van der Waals surface area contributed by atoms with E-state index < -0.39 is 38.6 Å². The second-order valence-electron chi connectivity index (χ2n) is 5.03. The van der Waals surface area contributed by atoms with E-state index in [1.165, 1.54) is 0 Å². The fraction of sp³-hybridized carbons (Fsp3) is 0.133.